The highest BCUT2D eigenvalue weighted by Crippen LogP contribution is 2.29. The molecule has 1 saturated heterocycles. The molecule has 6 heteroatoms. The monoisotopic (exact) mass is 297 g/mol. The molecule has 0 N–H and O–H groups in total. The number of carbonyl (C=O) groups is 1. The van der Waals surface area contributed by atoms with Gasteiger partial charge in [-0.05, 0) is 31.4 Å². The van der Waals surface area contributed by atoms with Crippen LogP contribution < -0.4 is 0 Å². The van der Waals surface area contributed by atoms with Crippen LogP contribution >= 0.6 is 0 Å². The molecule has 0 saturated carbocycles. The van der Waals surface area contributed by atoms with E-state index in [1.54, 1.807) is 12.3 Å². The van der Waals surface area contributed by atoms with Gasteiger partial charge in [-0.2, -0.15) is 0 Å². The number of fused-ring (bicyclic) bond motifs is 1. The third kappa shape index (κ3) is 2.28. The van der Waals surface area contributed by atoms with Gasteiger partial charge in [-0.15, -0.1) is 10.2 Å². The first-order valence-corrected chi connectivity index (χ1v) is 7.95. The van der Waals surface area contributed by atoms with Gasteiger partial charge in [0.15, 0.2) is 0 Å². The second-order valence-corrected chi connectivity index (χ2v) is 6.01. The summed E-state index contributed by atoms with van der Waals surface area (Å²) < 4.78 is 2.28. The zero-order chi connectivity index (χ0) is 14.9. The maximum Gasteiger partial charge on any atom is 0.272 e. The number of rotatable bonds is 2. The molecule has 0 aliphatic carbocycles. The summed E-state index contributed by atoms with van der Waals surface area (Å²) in [5, 5.41) is 8.68. The minimum Gasteiger partial charge on any atom is -0.337 e. The topological polar surface area (TPSA) is 63.9 Å². The van der Waals surface area contributed by atoms with Crippen molar-refractivity contribution >= 4 is 5.91 Å². The van der Waals surface area contributed by atoms with Crippen molar-refractivity contribution in [2.45, 2.75) is 38.1 Å². The molecule has 22 heavy (non-hydrogen) atoms. The lowest BCUT2D eigenvalue weighted by Crippen LogP contribution is -2.38. The summed E-state index contributed by atoms with van der Waals surface area (Å²) >= 11 is 0. The van der Waals surface area contributed by atoms with Crippen LogP contribution in [0.3, 0.4) is 0 Å². The highest BCUT2D eigenvalue weighted by Gasteiger charge is 2.29. The number of nitrogens with zero attached hydrogens (tertiary/aromatic N) is 5. The molecule has 0 unspecified atom stereocenters. The average molecular weight is 297 g/mol. The third-order valence-corrected chi connectivity index (χ3v) is 4.67. The van der Waals surface area contributed by atoms with E-state index in [1.165, 1.54) is 6.42 Å². The smallest absolute Gasteiger partial charge is 0.272 e. The van der Waals surface area contributed by atoms with Crippen LogP contribution in [0.25, 0.3) is 0 Å². The fraction of sp³-hybridized carbons (Fsp3) is 0.500. The molecule has 0 aromatic carbocycles. The standard InChI is InChI=1S/C16H19N5O/c22-16(13-4-1-2-8-17-13)20-10-6-12(7-11-20)15-19-18-14-5-3-9-21(14)15/h1-2,4,8,12H,3,5-7,9-11H2. The zero-order valence-electron chi connectivity index (χ0n) is 12.5. The molecule has 2 aliphatic rings. The quantitative estimate of drug-likeness (QED) is 0.845. The lowest BCUT2D eigenvalue weighted by Gasteiger charge is -2.31. The van der Waals surface area contributed by atoms with Crippen molar-refractivity contribution in [1.82, 2.24) is 24.6 Å². The van der Waals surface area contributed by atoms with Gasteiger partial charge in [0.05, 0.1) is 0 Å². The average Bonchev–Trinajstić information content (AvgIpc) is 3.18. The Morgan fingerprint density at radius 2 is 2.00 bits per heavy atom. The van der Waals surface area contributed by atoms with Crippen LogP contribution in [0, 0.1) is 0 Å². The van der Waals surface area contributed by atoms with Gasteiger partial charge in [0.1, 0.15) is 17.3 Å². The van der Waals surface area contributed by atoms with Gasteiger partial charge in [0.2, 0.25) is 0 Å². The number of hydrogen-bond acceptors (Lipinski definition) is 4. The number of hydrogen-bond donors (Lipinski definition) is 0. The summed E-state index contributed by atoms with van der Waals surface area (Å²) in [5.41, 5.74) is 0.532. The number of likely N-dealkylation sites (tertiary alicyclic amines) is 1. The lowest BCUT2D eigenvalue weighted by molar-refractivity contribution is 0.0704. The van der Waals surface area contributed by atoms with Crippen LogP contribution in [0.2, 0.25) is 0 Å². The molecule has 1 fully saturated rings. The first kappa shape index (κ1) is 13.4. The molecule has 0 bridgehead atoms. The Kier molecular flexibility index (Phi) is 3.36. The fourth-order valence-electron chi connectivity index (χ4n) is 3.47. The van der Waals surface area contributed by atoms with Crippen LogP contribution in [-0.4, -0.2) is 43.6 Å². The van der Waals surface area contributed by atoms with Crippen molar-refractivity contribution in [3.05, 3.63) is 41.7 Å². The van der Waals surface area contributed by atoms with Crippen LogP contribution in [-0.2, 0) is 13.0 Å². The summed E-state index contributed by atoms with van der Waals surface area (Å²) in [4.78, 5) is 18.5. The van der Waals surface area contributed by atoms with Crippen molar-refractivity contribution in [2.24, 2.45) is 0 Å². The number of pyridine rings is 1. The van der Waals surface area contributed by atoms with Crippen molar-refractivity contribution in [3.8, 4) is 0 Å². The number of amides is 1. The predicted molar refractivity (Wildman–Crippen MR) is 80.5 cm³/mol. The van der Waals surface area contributed by atoms with Crippen molar-refractivity contribution in [3.63, 3.8) is 0 Å². The Labute approximate surface area is 129 Å². The molecular weight excluding hydrogens is 278 g/mol. The van der Waals surface area contributed by atoms with E-state index in [9.17, 15) is 4.79 Å². The van der Waals surface area contributed by atoms with Crippen LogP contribution in [0.5, 0.6) is 0 Å². The van der Waals surface area contributed by atoms with Crippen molar-refractivity contribution in [1.29, 1.82) is 0 Å². The Balaban J connectivity index is 1.43. The lowest BCUT2D eigenvalue weighted by atomic mass is 9.95. The Hall–Kier alpha value is -2.24. The fourth-order valence-corrected chi connectivity index (χ4v) is 3.47. The molecule has 0 radical (unpaired) electrons. The maximum atomic E-state index is 12.4. The molecule has 0 atom stereocenters. The maximum absolute atomic E-state index is 12.4. The minimum atomic E-state index is 0.0329. The highest BCUT2D eigenvalue weighted by atomic mass is 16.2. The second kappa shape index (κ2) is 5.51. The van der Waals surface area contributed by atoms with E-state index in [0.717, 1.165) is 50.5 Å². The van der Waals surface area contributed by atoms with Crippen molar-refractivity contribution in [2.75, 3.05) is 13.1 Å². The van der Waals surface area contributed by atoms with Gasteiger partial charge in [-0.3, -0.25) is 9.78 Å². The van der Waals surface area contributed by atoms with E-state index in [4.69, 9.17) is 0 Å². The van der Waals surface area contributed by atoms with E-state index in [1.807, 2.05) is 17.0 Å². The van der Waals surface area contributed by atoms with Gasteiger partial charge in [-0.1, -0.05) is 6.07 Å². The van der Waals surface area contributed by atoms with E-state index >= 15 is 0 Å². The number of aromatic nitrogens is 4. The summed E-state index contributed by atoms with van der Waals surface area (Å²) in [7, 11) is 0. The normalized spacial score (nSPS) is 18.5. The van der Waals surface area contributed by atoms with Gasteiger partial charge in [-0.25, -0.2) is 0 Å². The summed E-state index contributed by atoms with van der Waals surface area (Å²) in [5.74, 6) is 2.71. The molecule has 4 rings (SSSR count). The Bertz CT molecular complexity index is 673. The number of carbonyl (C=O) groups excluding carboxylic acids is 1. The SMILES string of the molecule is O=C(c1ccccn1)N1CCC(c2nnc3n2CCC3)CC1. The molecule has 0 spiro atoms. The van der Waals surface area contributed by atoms with Gasteiger partial charge in [0, 0.05) is 38.2 Å². The number of aryl methyl sites for hydroxylation is 1. The van der Waals surface area contributed by atoms with Crippen LogP contribution in [0.4, 0.5) is 0 Å². The molecule has 1 amide bonds. The van der Waals surface area contributed by atoms with Crippen molar-refractivity contribution < 1.29 is 4.79 Å². The zero-order valence-corrected chi connectivity index (χ0v) is 12.5. The van der Waals surface area contributed by atoms with E-state index < -0.39 is 0 Å². The molecule has 2 aromatic heterocycles. The summed E-state index contributed by atoms with van der Waals surface area (Å²) in [6.07, 6.45) is 5.80. The molecule has 114 valence electrons. The first-order chi connectivity index (χ1) is 10.8. The van der Waals surface area contributed by atoms with E-state index in [-0.39, 0.29) is 5.91 Å². The second-order valence-electron chi connectivity index (χ2n) is 6.01. The largest absolute Gasteiger partial charge is 0.337 e. The van der Waals surface area contributed by atoms with Crippen LogP contribution in [0.1, 0.15) is 47.3 Å². The minimum absolute atomic E-state index is 0.0329. The number of piperidine rings is 1. The van der Waals surface area contributed by atoms with E-state index in [2.05, 4.69) is 19.7 Å². The molecule has 6 nitrogen and oxygen atoms in total. The van der Waals surface area contributed by atoms with Gasteiger partial charge >= 0.3 is 0 Å². The third-order valence-electron chi connectivity index (χ3n) is 4.67. The highest BCUT2D eigenvalue weighted by molar-refractivity contribution is 5.92. The molecule has 4 heterocycles. The summed E-state index contributed by atoms with van der Waals surface area (Å²) in [6.45, 7) is 2.58. The van der Waals surface area contributed by atoms with Gasteiger partial charge < -0.3 is 9.47 Å². The molecule has 2 aliphatic heterocycles. The Morgan fingerprint density at radius 3 is 2.77 bits per heavy atom. The van der Waals surface area contributed by atoms with Crippen LogP contribution in [0.15, 0.2) is 24.4 Å². The Morgan fingerprint density at radius 1 is 1.14 bits per heavy atom. The predicted octanol–water partition coefficient (Wildman–Crippen LogP) is 1.64. The van der Waals surface area contributed by atoms with E-state index in [0.29, 0.717) is 11.6 Å². The first-order valence-electron chi connectivity index (χ1n) is 7.95. The molecular formula is C16H19N5O. The molecule has 2 aromatic rings. The summed E-state index contributed by atoms with van der Waals surface area (Å²) in [6, 6.07) is 5.46. The van der Waals surface area contributed by atoms with Gasteiger partial charge in [0.25, 0.3) is 5.91 Å².